The highest BCUT2D eigenvalue weighted by atomic mass is 14.7. The van der Waals surface area contributed by atoms with Crippen LogP contribution in [0.15, 0.2) is 158 Å². The molecule has 0 amide bonds. The Bertz CT molecular complexity index is 2590. The molecule has 0 spiro atoms. The minimum absolute atomic E-state index is 0.392. The van der Waals surface area contributed by atoms with Crippen molar-refractivity contribution >= 4 is 21.5 Å². The van der Waals surface area contributed by atoms with E-state index in [2.05, 4.69) is 137 Å². The van der Waals surface area contributed by atoms with Crippen LogP contribution in [0.25, 0.3) is 77.2 Å². The highest BCUT2D eigenvalue weighted by Gasteiger charge is 2.18. The van der Waals surface area contributed by atoms with E-state index in [0.717, 1.165) is 77.2 Å². The number of nitriles is 2. The first kappa shape index (κ1) is 28.6. The van der Waals surface area contributed by atoms with Crippen molar-refractivity contribution in [3.63, 3.8) is 0 Å². The standard InChI is InChI=1S/C44H26N4/c45-27-37-24-33(18-20-47-37)30-10-6-12-35(22-30)43-39-14-4-5-15-40(39)44(42-26-32(16-17-41(42)43)29-8-2-1-3-9-29)36-13-7-11-31(23-36)34-19-21-48-38(25-34)28-46/h1-26H. The van der Waals surface area contributed by atoms with Crippen molar-refractivity contribution in [2.24, 2.45) is 0 Å². The minimum atomic E-state index is 0.392. The Morgan fingerprint density at radius 1 is 0.333 bits per heavy atom. The van der Waals surface area contributed by atoms with Crippen LogP contribution in [0.3, 0.4) is 0 Å². The van der Waals surface area contributed by atoms with Gasteiger partial charge in [-0.3, -0.25) is 0 Å². The molecule has 48 heavy (non-hydrogen) atoms. The van der Waals surface area contributed by atoms with Crippen LogP contribution < -0.4 is 0 Å². The van der Waals surface area contributed by atoms with Crippen LogP contribution in [0.4, 0.5) is 0 Å². The van der Waals surface area contributed by atoms with E-state index in [9.17, 15) is 10.5 Å². The smallest absolute Gasteiger partial charge is 0.141 e. The second-order valence-corrected chi connectivity index (χ2v) is 11.7. The van der Waals surface area contributed by atoms with Gasteiger partial charge in [0.25, 0.3) is 0 Å². The molecule has 0 saturated heterocycles. The third-order valence-electron chi connectivity index (χ3n) is 8.85. The van der Waals surface area contributed by atoms with E-state index in [1.165, 1.54) is 0 Å². The van der Waals surface area contributed by atoms with Crippen LogP contribution in [0, 0.1) is 22.7 Å². The number of hydrogen-bond donors (Lipinski definition) is 0. The molecule has 222 valence electrons. The van der Waals surface area contributed by atoms with Gasteiger partial charge >= 0.3 is 0 Å². The van der Waals surface area contributed by atoms with Gasteiger partial charge in [0.15, 0.2) is 0 Å². The normalized spacial score (nSPS) is 10.9. The Labute approximate surface area is 278 Å². The van der Waals surface area contributed by atoms with Gasteiger partial charge in [0.05, 0.1) is 0 Å². The average molecular weight is 611 g/mol. The van der Waals surface area contributed by atoms with Gasteiger partial charge in [0.1, 0.15) is 23.5 Å². The quantitative estimate of drug-likeness (QED) is 0.182. The molecule has 8 rings (SSSR count). The SMILES string of the molecule is N#Cc1cc(-c2cccc(-c3c4ccccc4c(-c4cccc(-c5ccnc(C#N)c5)c4)c4cc(-c5ccccc5)ccc34)c2)ccn1. The van der Waals surface area contributed by atoms with Gasteiger partial charge in [-0.1, -0.05) is 103 Å². The zero-order chi connectivity index (χ0) is 32.5. The minimum Gasteiger partial charge on any atom is -0.246 e. The van der Waals surface area contributed by atoms with E-state index < -0.39 is 0 Å². The molecule has 0 bridgehead atoms. The molecule has 0 aliphatic rings. The van der Waals surface area contributed by atoms with Crippen molar-refractivity contribution in [3.05, 3.63) is 169 Å². The fourth-order valence-corrected chi connectivity index (χ4v) is 6.66. The maximum absolute atomic E-state index is 9.50. The Morgan fingerprint density at radius 2 is 0.771 bits per heavy atom. The predicted octanol–water partition coefficient (Wildman–Crippen LogP) is 10.9. The molecule has 0 aliphatic carbocycles. The summed E-state index contributed by atoms with van der Waals surface area (Å²) in [4.78, 5) is 8.35. The number of benzene rings is 6. The van der Waals surface area contributed by atoms with Crippen molar-refractivity contribution in [1.29, 1.82) is 10.5 Å². The summed E-state index contributed by atoms with van der Waals surface area (Å²) in [7, 11) is 0. The molecule has 0 saturated carbocycles. The third-order valence-corrected chi connectivity index (χ3v) is 8.85. The summed E-state index contributed by atoms with van der Waals surface area (Å²) in [5.74, 6) is 0. The van der Waals surface area contributed by atoms with Gasteiger partial charge < -0.3 is 0 Å². The third kappa shape index (κ3) is 5.14. The maximum atomic E-state index is 9.50. The van der Waals surface area contributed by atoms with Crippen molar-refractivity contribution in [3.8, 4) is 67.8 Å². The molecule has 0 N–H and O–H groups in total. The second-order valence-electron chi connectivity index (χ2n) is 11.7. The highest BCUT2D eigenvalue weighted by Crippen LogP contribution is 2.45. The summed E-state index contributed by atoms with van der Waals surface area (Å²) < 4.78 is 0. The molecule has 2 heterocycles. The largest absolute Gasteiger partial charge is 0.246 e. The lowest BCUT2D eigenvalue weighted by Crippen LogP contribution is -1.93. The molecular formula is C44H26N4. The number of rotatable bonds is 5. The van der Waals surface area contributed by atoms with Crippen molar-refractivity contribution in [2.45, 2.75) is 0 Å². The Morgan fingerprint density at radius 3 is 1.33 bits per heavy atom. The lowest BCUT2D eigenvalue weighted by molar-refractivity contribution is 1.26. The van der Waals surface area contributed by atoms with Gasteiger partial charge in [-0.25, -0.2) is 9.97 Å². The topological polar surface area (TPSA) is 73.4 Å². The van der Waals surface area contributed by atoms with Crippen molar-refractivity contribution < 1.29 is 0 Å². The molecule has 0 radical (unpaired) electrons. The number of nitrogens with zero attached hydrogens (tertiary/aromatic N) is 4. The first-order chi connectivity index (χ1) is 23.7. The van der Waals surface area contributed by atoms with Crippen LogP contribution in [-0.2, 0) is 0 Å². The fourth-order valence-electron chi connectivity index (χ4n) is 6.66. The van der Waals surface area contributed by atoms with Gasteiger partial charge in [0, 0.05) is 12.4 Å². The van der Waals surface area contributed by atoms with Crippen LogP contribution in [0.5, 0.6) is 0 Å². The van der Waals surface area contributed by atoms with Crippen LogP contribution in [0.2, 0.25) is 0 Å². The fraction of sp³-hybridized carbons (Fsp3) is 0. The Balaban J connectivity index is 1.42. The summed E-state index contributed by atoms with van der Waals surface area (Å²) in [6.45, 7) is 0. The average Bonchev–Trinajstić information content (AvgIpc) is 3.17. The first-order valence-corrected chi connectivity index (χ1v) is 15.7. The summed E-state index contributed by atoms with van der Waals surface area (Å²) in [5, 5.41) is 23.6. The molecule has 6 aromatic carbocycles. The molecule has 4 nitrogen and oxygen atoms in total. The lowest BCUT2D eigenvalue weighted by Gasteiger charge is -2.19. The van der Waals surface area contributed by atoms with E-state index in [1.54, 1.807) is 12.4 Å². The maximum Gasteiger partial charge on any atom is 0.141 e. The Hall–Kier alpha value is -6.88. The number of hydrogen-bond acceptors (Lipinski definition) is 4. The van der Waals surface area contributed by atoms with Gasteiger partial charge in [-0.15, -0.1) is 0 Å². The van der Waals surface area contributed by atoms with Gasteiger partial charge in [-0.2, -0.15) is 10.5 Å². The van der Waals surface area contributed by atoms with Crippen LogP contribution in [0.1, 0.15) is 11.4 Å². The number of fused-ring (bicyclic) bond motifs is 2. The van der Waals surface area contributed by atoms with Gasteiger partial charge in [-0.05, 0) is 120 Å². The van der Waals surface area contributed by atoms with Crippen molar-refractivity contribution in [2.75, 3.05) is 0 Å². The van der Waals surface area contributed by atoms with E-state index in [4.69, 9.17) is 0 Å². The zero-order valence-corrected chi connectivity index (χ0v) is 25.8. The monoisotopic (exact) mass is 610 g/mol. The molecule has 0 atom stereocenters. The highest BCUT2D eigenvalue weighted by molar-refractivity contribution is 6.22. The van der Waals surface area contributed by atoms with E-state index >= 15 is 0 Å². The molecular weight excluding hydrogens is 585 g/mol. The van der Waals surface area contributed by atoms with E-state index in [0.29, 0.717) is 11.4 Å². The predicted molar refractivity (Wildman–Crippen MR) is 194 cm³/mol. The molecule has 0 aliphatic heterocycles. The lowest BCUT2D eigenvalue weighted by atomic mass is 9.84. The molecule has 0 unspecified atom stereocenters. The molecule has 2 aromatic heterocycles. The molecule has 0 fully saturated rings. The summed E-state index contributed by atoms with van der Waals surface area (Å²) in [6.07, 6.45) is 3.37. The molecule has 8 aromatic rings. The Kier molecular flexibility index (Phi) is 7.23. The summed E-state index contributed by atoms with van der Waals surface area (Å²) >= 11 is 0. The van der Waals surface area contributed by atoms with Crippen molar-refractivity contribution in [1.82, 2.24) is 9.97 Å². The van der Waals surface area contributed by atoms with E-state index in [1.807, 2.05) is 30.3 Å². The first-order valence-electron chi connectivity index (χ1n) is 15.7. The number of pyridine rings is 2. The number of aromatic nitrogens is 2. The molecule has 4 heteroatoms. The summed E-state index contributed by atoms with van der Waals surface area (Å²) in [6, 6.07) is 54.8. The second kappa shape index (κ2) is 12.1. The van der Waals surface area contributed by atoms with E-state index in [-0.39, 0.29) is 0 Å². The zero-order valence-electron chi connectivity index (χ0n) is 25.8. The summed E-state index contributed by atoms with van der Waals surface area (Å²) in [5.41, 5.74) is 11.5. The van der Waals surface area contributed by atoms with Crippen LogP contribution >= 0.6 is 0 Å². The van der Waals surface area contributed by atoms with Crippen LogP contribution in [-0.4, -0.2) is 9.97 Å². The van der Waals surface area contributed by atoms with Gasteiger partial charge in [0.2, 0.25) is 0 Å².